The predicted molar refractivity (Wildman–Crippen MR) is 87.4 cm³/mol. The molecule has 3 N–H and O–H groups in total. The molecule has 1 aromatic heterocycles. The third-order valence-electron chi connectivity index (χ3n) is 3.99. The van der Waals surface area contributed by atoms with Crippen LogP contribution in [0.25, 0.3) is 10.9 Å². The summed E-state index contributed by atoms with van der Waals surface area (Å²) in [4.78, 5) is 23.9. The molecule has 1 aliphatic rings. The Morgan fingerprint density at radius 3 is 3.00 bits per heavy atom. The van der Waals surface area contributed by atoms with Crippen LogP contribution in [0.15, 0.2) is 42.6 Å². The molecule has 2 heterocycles. The number of fused-ring (bicyclic) bond motifs is 2. The number of rotatable bonds is 2. The minimum Gasteiger partial charge on any atom is -0.326 e. The highest BCUT2D eigenvalue weighted by atomic mass is 16.2. The second-order valence-corrected chi connectivity index (χ2v) is 5.51. The molecule has 4 rings (SSSR count). The maximum Gasteiger partial charge on any atom is 0.255 e. The minimum atomic E-state index is -0.188. The van der Waals surface area contributed by atoms with Gasteiger partial charge in [-0.3, -0.25) is 14.7 Å². The van der Waals surface area contributed by atoms with Crippen LogP contribution in [0.2, 0.25) is 0 Å². The van der Waals surface area contributed by atoms with E-state index in [-0.39, 0.29) is 11.8 Å². The normalized spacial score (nSPS) is 13.5. The van der Waals surface area contributed by atoms with Gasteiger partial charge in [-0.1, -0.05) is 12.1 Å². The van der Waals surface area contributed by atoms with Gasteiger partial charge >= 0.3 is 0 Å². The average molecular weight is 306 g/mol. The molecule has 0 radical (unpaired) electrons. The monoisotopic (exact) mass is 306 g/mol. The topological polar surface area (TPSA) is 86.9 Å². The van der Waals surface area contributed by atoms with E-state index in [9.17, 15) is 9.59 Å². The first kappa shape index (κ1) is 13.5. The lowest BCUT2D eigenvalue weighted by Crippen LogP contribution is -2.20. The molecule has 2 aromatic carbocycles. The Balaban J connectivity index is 1.62. The Kier molecular flexibility index (Phi) is 3.08. The van der Waals surface area contributed by atoms with Gasteiger partial charge < -0.3 is 10.6 Å². The molecule has 2 amide bonds. The zero-order valence-electron chi connectivity index (χ0n) is 12.2. The van der Waals surface area contributed by atoms with Crippen molar-refractivity contribution in [3.05, 3.63) is 53.7 Å². The van der Waals surface area contributed by atoms with Crippen LogP contribution in [0.1, 0.15) is 22.3 Å². The number of hydrogen-bond acceptors (Lipinski definition) is 3. The Labute approximate surface area is 131 Å². The molecule has 1 aliphatic heterocycles. The number of anilines is 2. The molecule has 6 heteroatoms. The minimum absolute atomic E-state index is 0.0145. The summed E-state index contributed by atoms with van der Waals surface area (Å²) in [6, 6.07) is 10.9. The number of carbonyl (C=O) groups is 2. The number of carbonyl (C=O) groups excluding carboxylic acids is 2. The Hall–Kier alpha value is -3.15. The number of amides is 2. The van der Waals surface area contributed by atoms with Crippen molar-refractivity contribution < 1.29 is 9.59 Å². The van der Waals surface area contributed by atoms with Crippen molar-refractivity contribution >= 4 is 34.1 Å². The van der Waals surface area contributed by atoms with E-state index in [4.69, 9.17) is 0 Å². The van der Waals surface area contributed by atoms with E-state index in [2.05, 4.69) is 20.8 Å². The van der Waals surface area contributed by atoms with Gasteiger partial charge in [-0.05, 0) is 36.2 Å². The highest BCUT2D eigenvalue weighted by Gasteiger charge is 2.17. The molecule has 3 aromatic rings. The van der Waals surface area contributed by atoms with Crippen LogP contribution >= 0.6 is 0 Å². The lowest BCUT2D eigenvalue weighted by Gasteiger charge is -2.17. The first-order chi connectivity index (χ1) is 11.2. The number of nitrogens with zero attached hydrogens (tertiary/aromatic N) is 1. The van der Waals surface area contributed by atoms with E-state index in [1.54, 1.807) is 18.3 Å². The SMILES string of the molecule is O=C1CCc2cc(C(=O)Nc3cccc4cn[nH]c34)ccc2N1. The Morgan fingerprint density at radius 2 is 2.09 bits per heavy atom. The van der Waals surface area contributed by atoms with Crippen molar-refractivity contribution in [1.82, 2.24) is 10.2 Å². The number of benzene rings is 2. The van der Waals surface area contributed by atoms with Crippen molar-refractivity contribution in [2.45, 2.75) is 12.8 Å². The summed E-state index contributed by atoms with van der Waals surface area (Å²) in [5.41, 5.74) is 3.82. The van der Waals surface area contributed by atoms with Crippen LogP contribution in [-0.2, 0) is 11.2 Å². The van der Waals surface area contributed by atoms with E-state index in [0.29, 0.717) is 24.1 Å². The molecular weight excluding hydrogens is 292 g/mol. The number of aryl methyl sites for hydroxylation is 1. The Morgan fingerprint density at radius 1 is 1.17 bits per heavy atom. The van der Waals surface area contributed by atoms with Crippen LogP contribution in [0.4, 0.5) is 11.4 Å². The van der Waals surface area contributed by atoms with Crippen LogP contribution in [-0.4, -0.2) is 22.0 Å². The van der Waals surface area contributed by atoms with Crippen LogP contribution < -0.4 is 10.6 Å². The van der Waals surface area contributed by atoms with E-state index in [1.165, 1.54) is 0 Å². The zero-order chi connectivity index (χ0) is 15.8. The maximum absolute atomic E-state index is 12.5. The number of H-pyrrole nitrogens is 1. The second-order valence-electron chi connectivity index (χ2n) is 5.51. The standard InChI is InChI=1S/C17H14N4O2/c22-15-7-5-10-8-11(4-6-13(10)19-15)17(23)20-14-3-1-2-12-9-18-21-16(12)14/h1-4,6,8-9H,5,7H2,(H,18,21)(H,19,22)(H,20,23). The summed E-state index contributed by atoms with van der Waals surface area (Å²) in [5.74, 6) is -0.174. The number of para-hydroxylation sites is 1. The van der Waals surface area contributed by atoms with Crippen molar-refractivity contribution in [3.8, 4) is 0 Å². The van der Waals surface area contributed by atoms with E-state index in [0.717, 1.165) is 22.2 Å². The molecule has 0 saturated heterocycles. The molecule has 0 saturated carbocycles. The third kappa shape index (κ3) is 2.44. The highest BCUT2D eigenvalue weighted by molar-refractivity contribution is 6.08. The molecule has 0 aliphatic carbocycles. The lowest BCUT2D eigenvalue weighted by molar-refractivity contribution is -0.116. The third-order valence-corrected chi connectivity index (χ3v) is 3.99. The number of hydrogen-bond donors (Lipinski definition) is 3. The summed E-state index contributed by atoms with van der Waals surface area (Å²) < 4.78 is 0. The highest BCUT2D eigenvalue weighted by Crippen LogP contribution is 2.25. The molecule has 0 bridgehead atoms. The quantitative estimate of drug-likeness (QED) is 0.680. The maximum atomic E-state index is 12.5. The zero-order valence-corrected chi connectivity index (χ0v) is 12.2. The smallest absolute Gasteiger partial charge is 0.255 e. The van der Waals surface area contributed by atoms with E-state index in [1.807, 2.05) is 24.3 Å². The summed E-state index contributed by atoms with van der Waals surface area (Å²) in [6.07, 6.45) is 2.82. The molecule has 0 spiro atoms. The van der Waals surface area contributed by atoms with Crippen molar-refractivity contribution in [2.24, 2.45) is 0 Å². The first-order valence-corrected chi connectivity index (χ1v) is 7.37. The molecule has 0 unspecified atom stereocenters. The van der Waals surface area contributed by atoms with Gasteiger partial charge in [0.1, 0.15) is 0 Å². The van der Waals surface area contributed by atoms with Gasteiger partial charge in [0.15, 0.2) is 0 Å². The summed E-state index contributed by atoms with van der Waals surface area (Å²) in [7, 11) is 0. The van der Waals surface area contributed by atoms with E-state index < -0.39 is 0 Å². The van der Waals surface area contributed by atoms with Crippen LogP contribution in [0.5, 0.6) is 0 Å². The fourth-order valence-electron chi connectivity index (χ4n) is 2.79. The summed E-state index contributed by atoms with van der Waals surface area (Å²) in [6.45, 7) is 0. The van der Waals surface area contributed by atoms with Gasteiger partial charge in [0, 0.05) is 23.1 Å². The predicted octanol–water partition coefficient (Wildman–Crippen LogP) is 2.70. The van der Waals surface area contributed by atoms with Crippen molar-refractivity contribution in [2.75, 3.05) is 10.6 Å². The number of nitrogens with one attached hydrogen (secondary N) is 3. The van der Waals surface area contributed by atoms with E-state index >= 15 is 0 Å². The second kappa shape index (κ2) is 5.24. The van der Waals surface area contributed by atoms with Crippen molar-refractivity contribution in [3.63, 3.8) is 0 Å². The van der Waals surface area contributed by atoms with Crippen LogP contribution in [0.3, 0.4) is 0 Å². The molecular formula is C17H14N4O2. The van der Waals surface area contributed by atoms with Gasteiger partial charge in [-0.2, -0.15) is 5.10 Å². The van der Waals surface area contributed by atoms with Gasteiger partial charge in [-0.15, -0.1) is 0 Å². The molecule has 0 fully saturated rings. The van der Waals surface area contributed by atoms with Crippen LogP contribution in [0, 0.1) is 0 Å². The van der Waals surface area contributed by atoms with Gasteiger partial charge in [0.2, 0.25) is 5.91 Å². The summed E-state index contributed by atoms with van der Waals surface area (Å²) >= 11 is 0. The van der Waals surface area contributed by atoms with Gasteiger partial charge in [0.05, 0.1) is 17.4 Å². The summed E-state index contributed by atoms with van der Waals surface area (Å²) in [5, 5.41) is 13.5. The average Bonchev–Trinajstić information content (AvgIpc) is 3.04. The lowest BCUT2D eigenvalue weighted by atomic mass is 10.00. The Bertz CT molecular complexity index is 929. The fourth-order valence-corrected chi connectivity index (χ4v) is 2.79. The number of aromatic amines is 1. The van der Waals surface area contributed by atoms with Gasteiger partial charge in [0.25, 0.3) is 5.91 Å². The van der Waals surface area contributed by atoms with Gasteiger partial charge in [-0.25, -0.2) is 0 Å². The molecule has 0 atom stereocenters. The molecule has 23 heavy (non-hydrogen) atoms. The molecule has 114 valence electrons. The number of aromatic nitrogens is 2. The fraction of sp³-hybridized carbons (Fsp3) is 0.118. The van der Waals surface area contributed by atoms with Crippen molar-refractivity contribution in [1.29, 1.82) is 0 Å². The molecule has 6 nitrogen and oxygen atoms in total. The largest absolute Gasteiger partial charge is 0.326 e. The first-order valence-electron chi connectivity index (χ1n) is 7.37.